The molecule has 0 fully saturated rings. The Morgan fingerprint density at radius 1 is 1.26 bits per heavy atom. The first-order chi connectivity index (χ1) is 12.7. The van der Waals surface area contributed by atoms with Crippen molar-refractivity contribution >= 4 is 17.7 Å². The zero-order chi connectivity index (χ0) is 20.2. The van der Waals surface area contributed by atoms with Crippen LogP contribution in [-0.4, -0.2) is 30.9 Å². The maximum Gasteiger partial charge on any atom is 0.417 e. The standard InChI is InChI=1S/C17H13F3N2O4S/c1-25-13-4-3-9(5-14(13)26-2)12-6-11(17(18,19)20)10(7-21)16(22-12)27-8-15(23)24/h3-6H,8H2,1-2H3,(H,23,24)/p-1. The summed E-state index contributed by atoms with van der Waals surface area (Å²) in [6, 6.07) is 6.59. The van der Waals surface area contributed by atoms with Crippen molar-refractivity contribution in [2.75, 3.05) is 20.0 Å². The lowest BCUT2D eigenvalue weighted by atomic mass is 10.0. The molecule has 1 aromatic carbocycles. The number of hydrogen-bond acceptors (Lipinski definition) is 7. The van der Waals surface area contributed by atoms with Crippen molar-refractivity contribution in [3.8, 4) is 28.8 Å². The molecule has 0 saturated heterocycles. The minimum Gasteiger partial charge on any atom is -0.549 e. The number of carbonyl (C=O) groups is 1. The van der Waals surface area contributed by atoms with Crippen molar-refractivity contribution in [2.24, 2.45) is 0 Å². The molecule has 1 aromatic heterocycles. The molecule has 27 heavy (non-hydrogen) atoms. The Morgan fingerprint density at radius 3 is 2.44 bits per heavy atom. The van der Waals surface area contributed by atoms with Crippen molar-refractivity contribution in [2.45, 2.75) is 11.2 Å². The number of alkyl halides is 3. The third-order valence-corrected chi connectivity index (χ3v) is 4.36. The highest BCUT2D eigenvalue weighted by Gasteiger charge is 2.36. The summed E-state index contributed by atoms with van der Waals surface area (Å²) in [6.45, 7) is 0. The Morgan fingerprint density at radius 2 is 1.93 bits per heavy atom. The number of halogens is 3. The molecule has 0 saturated carbocycles. The summed E-state index contributed by atoms with van der Waals surface area (Å²) >= 11 is 0.485. The van der Waals surface area contributed by atoms with Crippen LogP contribution in [0.4, 0.5) is 13.2 Å². The molecule has 142 valence electrons. The molecule has 2 rings (SSSR count). The highest BCUT2D eigenvalue weighted by atomic mass is 32.2. The van der Waals surface area contributed by atoms with E-state index in [1.54, 1.807) is 0 Å². The van der Waals surface area contributed by atoms with Gasteiger partial charge in [0.25, 0.3) is 0 Å². The van der Waals surface area contributed by atoms with E-state index in [1.165, 1.54) is 38.5 Å². The van der Waals surface area contributed by atoms with Crippen LogP contribution in [0.5, 0.6) is 11.5 Å². The van der Waals surface area contributed by atoms with Gasteiger partial charge in [0.1, 0.15) is 11.1 Å². The summed E-state index contributed by atoms with van der Waals surface area (Å²) in [4.78, 5) is 14.7. The Bertz CT molecular complexity index is 910. The Kier molecular flexibility index (Phi) is 6.17. The minimum absolute atomic E-state index is 0.0943. The number of carboxylic acids is 1. The van der Waals surface area contributed by atoms with E-state index in [4.69, 9.17) is 14.7 Å². The number of nitriles is 1. The first-order valence-electron chi connectivity index (χ1n) is 7.28. The SMILES string of the molecule is COc1ccc(-c2cc(C(F)(F)F)c(C#N)c(SCC(=O)[O-])n2)cc1OC. The maximum atomic E-state index is 13.4. The topological polar surface area (TPSA) is 95.3 Å². The maximum absolute atomic E-state index is 13.4. The second-order valence-corrected chi connectivity index (χ2v) is 6.04. The molecule has 0 amide bonds. The second kappa shape index (κ2) is 8.18. The molecule has 6 nitrogen and oxygen atoms in total. The Hall–Kier alpha value is -2.93. The largest absolute Gasteiger partial charge is 0.549 e. The van der Waals surface area contributed by atoms with Gasteiger partial charge in [-0.1, -0.05) is 11.8 Å². The van der Waals surface area contributed by atoms with Crippen molar-refractivity contribution in [3.05, 3.63) is 35.4 Å². The molecule has 0 aliphatic heterocycles. The van der Waals surface area contributed by atoms with E-state index in [9.17, 15) is 23.1 Å². The van der Waals surface area contributed by atoms with E-state index >= 15 is 0 Å². The number of carbonyl (C=O) groups excluding carboxylic acids is 1. The summed E-state index contributed by atoms with van der Waals surface area (Å²) in [7, 11) is 2.78. The van der Waals surface area contributed by atoms with Crippen LogP contribution in [0.3, 0.4) is 0 Å². The smallest absolute Gasteiger partial charge is 0.417 e. The number of pyridine rings is 1. The van der Waals surface area contributed by atoms with Crippen molar-refractivity contribution < 1.29 is 32.5 Å². The van der Waals surface area contributed by atoms with E-state index in [0.29, 0.717) is 17.5 Å². The van der Waals surface area contributed by atoms with Gasteiger partial charge >= 0.3 is 6.18 Å². The lowest BCUT2D eigenvalue weighted by molar-refractivity contribution is -0.301. The number of methoxy groups -OCH3 is 2. The Balaban J connectivity index is 2.68. The van der Waals surface area contributed by atoms with Crippen molar-refractivity contribution in [1.82, 2.24) is 4.98 Å². The van der Waals surface area contributed by atoms with Gasteiger partial charge in [0.15, 0.2) is 11.5 Å². The average Bonchev–Trinajstić information content (AvgIpc) is 2.64. The van der Waals surface area contributed by atoms with E-state index in [0.717, 1.165) is 6.07 Å². The van der Waals surface area contributed by atoms with Crippen LogP contribution in [0.15, 0.2) is 29.3 Å². The number of aliphatic carboxylic acids is 1. The average molecular weight is 397 g/mol. The van der Waals surface area contributed by atoms with Gasteiger partial charge in [-0.15, -0.1) is 0 Å². The minimum atomic E-state index is -4.82. The fourth-order valence-corrected chi connectivity index (χ4v) is 2.95. The monoisotopic (exact) mass is 397 g/mol. The molecule has 0 radical (unpaired) electrons. The zero-order valence-electron chi connectivity index (χ0n) is 14.1. The van der Waals surface area contributed by atoms with Crippen LogP contribution in [0.2, 0.25) is 0 Å². The molecular formula is C17H12F3N2O4S-. The molecule has 0 aliphatic carbocycles. The number of carboxylic acid groups (broad SMARTS) is 1. The van der Waals surface area contributed by atoms with Crippen LogP contribution in [0.1, 0.15) is 11.1 Å². The molecule has 0 atom stereocenters. The second-order valence-electron chi connectivity index (χ2n) is 5.08. The van der Waals surface area contributed by atoms with Crippen LogP contribution in [-0.2, 0) is 11.0 Å². The molecule has 0 N–H and O–H groups in total. The van der Waals surface area contributed by atoms with Crippen LogP contribution < -0.4 is 14.6 Å². The quantitative estimate of drug-likeness (QED) is 0.691. The van der Waals surface area contributed by atoms with E-state index in [-0.39, 0.29) is 22.0 Å². The molecule has 2 aromatic rings. The first kappa shape index (κ1) is 20.4. The van der Waals surface area contributed by atoms with E-state index < -0.39 is 29.0 Å². The Labute approximate surface area is 156 Å². The first-order valence-corrected chi connectivity index (χ1v) is 8.27. The summed E-state index contributed by atoms with van der Waals surface area (Å²) in [5.41, 5.74) is -1.76. The normalized spacial score (nSPS) is 11.0. The summed E-state index contributed by atoms with van der Waals surface area (Å²) in [6.07, 6.45) is -4.82. The molecular weight excluding hydrogens is 385 g/mol. The lowest BCUT2D eigenvalue weighted by Gasteiger charge is -2.15. The van der Waals surface area contributed by atoms with Crippen LogP contribution in [0.25, 0.3) is 11.3 Å². The van der Waals surface area contributed by atoms with Crippen LogP contribution >= 0.6 is 11.8 Å². The van der Waals surface area contributed by atoms with Crippen molar-refractivity contribution in [1.29, 1.82) is 5.26 Å². The molecule has 0 unspecified atom stereocenters. The lowest BCUT2D eigenvalue weighted by Crippen LogP contribution is -2.24. The molecule has 0 aliphatic rings. The highest BCUT2D eigenvalue weighted by molar-refractivity contribution is 7.99. The molecule has 0 bridgehead atoms. The third kappa shape index (κ3) is 4.62. The van der Waals surface area contributed by atoms with Gasteiger partial charge in [0.2, 0.25) is 0 Å². The summed E-state index contributed by atoms with van der Waals surface area (Å²) in [5.74, 6) is -1.49. The number of ether oxygens (including phenoxy) is 2. The number of aromatic nitrogens is 1. The van der Waals surface area contributed by atoms with Gasteiger partial charge in [0, 0.05) is 11.3 Å². The molecule has 0 spiro atoms. The van der Waals surface area contributed by atoms with Crippen molar-refractivity contribution in [3.63, 3.8) is 0 Å². The zero-order valence-corrected chi connectivity index (χ0v) is 14.9. The van der Waals surface area contributed by atoms with E-state index in [2.05, 4.69) is 4.98 Å². The van der Waals surface area contributed by atoms with Gasteiger partial charge in [-0.3, -0.25) is 0 Å². The molecule has 1 heterocycles. The van der Waals surface area contributed by atoms with Gasteiger partial charge in [0.05, 0.1) is 37.0 Å². The number of hydrogen-bond donors (Lipinski definition) is 0. The fraction of sp³-hybridized carbons (Fsp3) is 0.235. The summed E-state index contributed by atoms with van der Waals surface area (Å²) in [5, 5.41) is 19.5. The van der Waals surface area contributed by atoms with E-state index in [1.807, 2.05) is 0 Å². The van der Waals surface area contributed by atoms with Gasteiger partial charge in [-0.2, -0.15) is 18.4 Å². The van der Waals surface area contributed by atoms with Gasteiger partial charge in [-0.05, 0) is 24.3 Å². The van der Waals surface area contributed by atoms with Gasteiger partial charge in [-0.25, -0.2) is 4.98 Å². The predicted octanol–water partition coefficient (Wildman–Crippen LogP) is 2.50. The highest BCUT2D eigenvalue weighted by Crippen LogP contribution is 2.39. The van der Waals surface area contributed by atoms with Gasteiger partial charge < -0.3 is 19.4 Å². The molecule has 10 heteroatoms. The number of nitrogens with zero attached hydrogens (tertiary/aromatic N) is 2. The fourth-order valence-electron chi connectivity index (χ4n) is 2.23. The number of rotatable bonds is 6. The van der Waals surface area contributed by atoms with Crippen LogP contribution in [0, 0.1) is 11.3 Å². The summed E-state index contributed by atoms with van der Waals surface area (Å²) < 4.78 is 50.5. The number of thioether (sulfide) groups is 1. The predicted molar refractivity (Wildman–Crippen MR) is 88.2 cm³/mol. The third-order valence-electron chi connectivity index (χ3n) is 3.41. The number of benzene rings is 1.